The van der Waals surface area contributed by atoms with Crippen LogP contribution in [0.3, 0.4) is 0 Å². The van der Waals surface area contributed by atoms with Gasteiger partial charge in [0.2, 0.25) is 0 Å². The lowest BCUT2D eigenvalue weighted by Crippen LogP contribution is -2.33. The fraction of sp³-hybridized carbons (Fsp3) is 0.240. The third kappa shape index (κ3) is 4.02. The normalized spacial score (nSPS) is 18.6. The fourth-order valence-electron chi connectivity index (χ4n) is 3.82. The molecule has 0 unspecified atom stereocenters. The standard InChI is InChI=1S/C25H26N2O3/c1-16-8-10-17(11-9-16)21-15-22(19-6-4-5-7-23(19)28)27-25(26-21)20-14-18(29-2)12-13-24(20)30-3/h4-14,22,25,27-28H,15H2,1-3H3/t22-,25+/m1/s1. The van der Waals surface area contributed by atoms with Crippen LogP contribution in [0.25, 0.3) is 0 Å². The number of rotatable bonds is 5. The minimum atomic E-state index is -0.343. The molecule has 3 aromatic carbocycles. The molecular weight excluding hydrogens is 376 g/mol. The van der Waals surface area contributed by atoms with Crippen molar-refractivity contribution >= 4 is 5.71 Å². The molecule has 0 aromatic heterocycles. The SMILES string of the molecule is COc1ccc(OC)c([C@H]2N=C(c3ccc(C)cc3)C[C@H](c3ccccc3O)N2)c1. The highest BCUT2D eigenvalue weighted by Crippen LogP contribution is 2.38. The Kier molecular flexibility index (Phi) is 5.72. The third-order valence-electron chi connectivity index (χ3n) is 5.47. The van der Waals surface area contributed by atoms with Gasteiger partial charge in [-0.05, 0) is 36.8 Å². The molecule has 0 saturated carbocycles. The van der Waals surface area contributed by atoms with Crippen molar-refractivity contribution in [3.05, 3.63) is 89.0 Å². The number of benzene rings is 3. The van der Waals surface area contributed by atoms with Crippen LogP contribution in [0.4, 0.5) is 0 Å². The number of methoxy groups -OCH3 is 2. The molecule has 3 aromatic rings. The molecule has 2 atom stereocenters. The highest BCUT2D eigenvalue weighted by molar-refractivity contribution is 6.01. The molecule has 154 valence electrons. The monoisotopic (exact) mass is 402 g/mol. The van der Waals surface area contributed by atoms with Crippen molar-refractivity contribution in [2.24, 2.45) is 4.99 Å². The van der Waals surface area contributed by atoms with E-state index in [1.165, 1.54) is 5.56 Å². The number of hydrogen-bond donors (Lipinski definition) is 2. The van der Waals surface area contributed by atoms with Gasteiger partial charge >= 0.3 is 0 Å². The van der Waals surface area contributed by atoms with Crippen LogP contribution in [0.15, 0.2) is 71.7 Å². The Bertz CT molecular complexity index is 1060. The van der Waals surface area contributed by atoms with Gasteiger partial charge in [-0.15, -0.1) is 0 Å². The van der Waals surface area contributed by atoms with E-state index in [-0.39, 0.29) is 18.0 Å². The summed E-state index contributed by atoms with van der Waals surface area (Å²) in [4.78, 5) is 5.03. The maximum absolute atomic E-state index is 10.5. The summed E-state index contributed by atoms with van der Waals surface area (Å²) in [5, 5.41) is 14.1. The first kappa shape index (κ1) is 20.0. The van der Waals surface area contributed by atoms with E-state index >= 15 is 0 Å². The number of ether oxygens (including phenoxy) is 2. The zero-order valence-corrected chi connectivity index (χ0v) is 17.4. The maximum Gasteiger partial charge on any atom is 0.130 e. The summed E-state index contributed by atoms with van der Waals surface area (Å²) >= 11 is 0. The molecule has 0 fully saturated rings. The van der Waals surface area contributed by atoms with Crippen molar-refractivity contribution in [1.29, 1.82) is 0 Å². The number of hydrogen-bond acceptors (Lipinski definition) is 5. The number of para-hydroxylation sites is 1. The highest BCUT2D eigenvalue weighted by atomic mass is 16.5. The molecule has 5 heteroatoms. The van der Waals surface area contributed by atoms with Crippen molar-refractivity contribution in [3.8, 4) is 17.2 Å². The van der Waals surface area contributed by atoms with Crippen molar-refractivity contribution in [1.82, 2.24) is 5.32 Å². The number of nitrogens with one attached hydrogen (secondary N) is 1. The zero-order valence-electron chi connectivity index (χ0n) is 17.4. The first-order valence-electron chi connectivity index (χ1n) is 9.98. The number of nitrogens with zero attached hydrogens (tertiary/aromatic N) is 1. The second-order valence-corrected chi connectivity index (χ2v) is 7.43. The Hall–Kier alpha value is -3.31. The lowest BCUT2D eigenvalue weighted by Gasteiger charge is -2.31. The van der Waals surface area contributed by atoms with Crippen molar-refractivity contribution in [2.75, 3.05) is 14.2 Å². The van der Waals surface area contributed by atoms with E-state index in [9.17, 15) is 5.11 Å². The van der Waals surface area contributed by atoms with E-state index in [4.69, 9.17) is 14.5 Å². The van der Waals surface area contributed by atoms with Crippen LogP contribution in [0, 0.1) is 6.92 Å². The summed E-state index contributed by atoms with van der Waals surface area (Å²) in [6.45, 7) is 2.07. The Labute approximate surface area is 177 Å². The lowest BCUT2D eigenvalue weighted by molar-refractivity contribution is 0.374. The maximum atomic E-state index is 10.5. The van der Waals surface area contributed by atoms with Crippen LogP contribution in [0.5, 0.6) is 17.2 Å². The van der Waals surface area contributed by atoms with Crippen LogP contribution in [-0.4, -0.2) is 25.0 Å². The van der Waals surface area contributed by atoms with Crippen LogP contribution < -0.4 is 14.8 Å². The molecule has 1 aliphatic heterocycles. The summed E-state index contributed by atoms with van der Waals surface area (Å²) in [6.07, 6.45) is 0.327. The van der Waals surface area contributed by atoms with Crippen LogP contribution >= 0.6 is 0 Å². The molecule has 0 saturated heterocycles. The van der Waals surface area contributed by atoms with Gasteiger partial charge in [0.1, 0.15) is 23.4 Å². The number of phenolic OH excluding ortho intramolecular Hbond substituents is 1. The predicted molar refractivity (Wildman–Crippen MR) is 119 cm³/mol. The van der Waals surface area contributed by atoms with Crippen LogP contribution in [-0.2, 0) is 0 Å². The van der Waals surface area contributed by atoms with E-state index in [2.05, 4.69) is 36.5 Å². The number of phenols is 1. The van der Waals surface area contributed by atoms with E-state index in [0.29, 0.717) is 6.42 Å². The van der Waals surface area contributed by atoms with Crippen LogP contribution in [0.2, 0.25) is 0 Å². The topological polar surface area (TPSA) is 63.1 Å². The Morgan fingerprint density at radius 1 is 0.933 bits per heavy atom. The van der Waals surface area contributed by atoms with Gasteiger partial charge in [0.05, 0.1) is 14.2 Å². The molecule has 5 nitrogen and oxygen atoms in total. The van der Waals surface area contributed by atoms with Gasteiger partial charge in [-0.2, -0.15) is 0 Å². The fourth-order valence-corrected chi connectivity index (χ4v) is 3.82. The minimum Gasteiger partial charge on any atom is -0.508 e. The number of aliphatic imine (C=N–C) groups is 1. The Morgan fingerprint density at radius 2 is 1.70 bits per heavy atom. The van der Waals surface area contributed by atoms with Gasteiger partial charge in [-0.1, -0.05) is 48.0 Å². The van der Waals surface area contributed by atoms with Crippen molar-refractivity contribution < 1.29 is 14.6 Å². The quantitative estimate of drug-likeness (QED) is 0.634. The zero-order chi connectivity index (χ0) is 21.1. The average molecular weight is 402 g/mol. The Balaban J connectivity index is 1.81. The predicted octanol–water partition coefficient (Wildman–Crippen LogP) is 4.94. The van der Waals surface area contributed by atoms with Gasteiger partial charge in [-0.25, -0.2) is 0 Å². The lowest BCUT2D eigenvalue weighted by atomic mass is 9.93. The third-order valence-corrected chi connectivity index (χ3v) is 5.47. The molecule has 0 bridgehead atoms. The van der Waals surface area contributed by atoms with E-state index in [1.807, 2.05) is 36.4 Å². The largest absolute Gasteiger partial charge is 0.508 e. The van der Waals surface area contributed by atoms with Crippen molar-refractivity contribution in [3.63, 3.8) is 0 Å². The molecule has 1 aliphatic rings. The van der Waals surface area contributed by atoms with Gasteiger partial charge in [-0.3, -0.25) is 10.3 Å². The van der Waals surface area contributed by atoms with Gasteiger partial charge in [0.15, 0.2) is 0 Å². The van der Waals surface area contributed by atoms with E-state index in [0.717, 1.165) is 33.9 Å². The van der Waals surface area contributed by atoms with E-state index < -0.39 is 0 Å². The number of aryl methyl sites for hydroxylation is 1. The minimum absolute atomic E-state index is 0.0964. The number of aromatic hydroxyl groups is 1. The first-order valence-corrected chi connectivity index (χ1v) is 9.98. The summed E-state index contributed by atoms with van der Waals surface area (Å²) in [5.41, 5.74) is 5.01. The molecule has 0 spiro atoms. The molecule has 2 N–H and O–H groups in total. The smallest absolute Gasteiger partial charge is 0.130 e. The highest BCUT2D eigenvalue weighted by Gasteiger charge is 2.29. The van der Waals surface area contributed by atoms with Gasteiger partial charge in [0, 0.05) is 29.3 Å². The van der Waals surface area contributed by atoms with Gasteiger partial charge < -0.3 is 14.6 Å². The summed E-state index contributed by atoms with van der Waals surface area (Å²) < 4.78 is 11.0. The molecule has 1 heterocycles. The van der Waals surface area contributed by atoms with E-state index in [1.54, 1.807) is 20.3 Å². The molecule has 30 heavy (non-hydrogen) atoms. The van der Waals surface area contributed by atoms with Crippen LogP contribution in [0.1, 0.15) is 40.9 Å². The molecule has 4 rings (SSSR count). The van der Waals surface area contributed by atoms with Gasteiger partial charge in [0.25, 0.3) is 0 Å². The molecule has 0 radical (unpaired) electrons. The second-order valence-electron chi connectivity index (χ2n) is 7.43. The molecule has 0 amide bonds. The summed E-state index contributed by atoms with van der Waals surface area (Å²) in [7, 11) is 3.30. The average Bonchev–Trinajstić information content (AvgIpc) is 2.79. The Morgan fingerprint density at radius 3 is 2.40 bits per heavy atom. The van der Waals surface area contributed by atoms with Crippen molar-refractivity contribution in [2.45, 2.75) is 25.6 Å². The molecular formula is C25H26N2O3. The molecule has 0 aliphatic carbocycles. The summed E-state index contributed by atoms with van der Waals surface area (Å²) in [6, 6.07) is 21.4. The summed E-state index contributed by atoms with van der Waals surface area (Å²) in [5.74, 6) is 1.75. The second kappa shape index (κ2) is 8.59. The first-order chi connectivity index (χ1) is 14.6.